The van der Waals surface area contributed by atoms with Crippen LogP contribution < -0.4 is 15.0 Å². The quantitative estimate of drug-likeness (QED) is 0.611. The largest absolute Gasteiger partial charge is 0.491 e. The highest BCUT2D eigenvalue weighted by atomic mass is 19.1. The van der Waals surface area contributed by atoms with Gasteiger partial charge < -0.3 is 19.7 Å². The van der Waals surface area contributed by atoms with E-state index < -0.39 is 17.4 Å². The standard InChI is InChI=1S/C23H26F2N6O2/c1-15-7-16(9-17(8-15)30-12-19(13-30)29-3-5-33-6-4-29)27-23-26-14-31(28-23)18-10-20(24)22(32-2)21(25)11-18/h7-11,14,19H,3-6,12-13H2,1-2H3,(H,27,28). The number of ether oxygens (including phenoxy) is 2. The molecule has 1 aromatic heterocycles. The zero-order valence-electron chi connectivity index (χ0n) is 18.6. The first-order valence-electron chi connectivity index (χ1n) is 10.9. The van der Waals surface area contributed by atoms with E-state index in [9.17, 15) is 8.78 Å². The second kappa shape index (κ2) is 8.95. The van der Waals surface area contributed by atoms with Gasteiger partial charge in [0.25, 0.3) is 0 Å². The van der Waals surface area contributed by atoms with Crippen molar-refractivity contribution < 1.29 is 18.3 Å². The van der Waals surface area contributed by atoms with E-state index in [0.717, 1.165) is 68.5 Å². The average Bonchev–Trinajstić information content (AvgIpc) is 3.21. The number of hydrogen-bond donors (Lipinski definition) is 1. The van der Waals surface area contributed by atoms with Crippen LogP contribution in [-0.4, -0.2) is 72.2 Å². The summed E-state index contributed by atoms with van der Waals surface area (Å²) in [5, 5.41) is 7.51. The normalized spacial score (nSPS) is 17.2. The highest BCUT2D eigenvalue weighted by molar-refractivity contribution is 5.65. The molecule has 2 aliphatic heterocycles. The zero-order valence-corrected chi connectivity index (χ0v) is 18.6. The van der Waals surface area contributed by atoms with Gasteiger partial charge in [-0.25, -0.2) is 13.5 Å². The number of nitrogens with zero attached hydrogens (tertiary/aromatic N) is 5. The molecule has 1 N–H and O–H groups in total. The zero-order chi connectivity index (χ0) is 22.9. The summed E-state index contributed by atoms with van der Waals surface area (Å²) in [6.07, 6.45) is 1.40. The summed E-state index contributed by atoms with van der Waals surface area (Å²) < 4.78 is 39.6. The van der Waals surface area contributed by atoms with Crippen LogP contribution >= 0.6 is 0 Å². The van der Waals surface area contributed by atoms with E-state index >= 15 is 0 Å². The van der Waals surface area contributed by atoms with Gasteiger partial charge in [-0.05, 0) is 30.7 Å². The molecule has 0 amide bonds. The maximum Gasteiger partial charge on any atom is 0.246 e. The third-order valence-electron chi connectivity index (χ3n) is 6.05. The molecule has 33 heavy (non-hydrogen) atoms. The number of morpholine rings is 1. The fourth-order valence-corrected chi connectivity index (χ4v) is 4.30. The molecule has 2 aliphatic rings. The Bertz CT molecular complexity index is 1120. The van der Waals surface area contributed by atoms with Crippen molar-refractivity contribution in [2.45, 2.75) is 13.0 Å². The Labute approximate surface area is 190 Å². The van der Waals surface area contributed by atoms with Gasteiger partial charge in [-0.3, -0.25) is 4.90 Å². The molecule has 5 rings (SSSR count). The number of anilines is 3. The average molecular weight is 456 g/mol. The summed E-state index contributed by atoms with van der Waals surface area (Å²) in [6.45, 7) is 7.64. The highest BCUT2D eigenvalue weighted by Crippen LogP contribution is 2.29. The van der Waals surface area contributed by atoms with Crippen LogP contribution in [0.5, 0.6) is 5.75 Å². The molecule has 2 saturated heterocycles. The van der Waals surface area contributed by atoms with E-state index in [2.05, 4.69) is 37.3 Å². The number of rotatable bonds is 6. The number of aryl methyl sites for hydroxylation is 1. The monoisotopic (exact) mass is 456 g/mol. The van der Waals surface area contributed by atoms with E-state index in [0.29, 0.717) is 12.0 Å². The molecule has 3 aromatic rings. The minimum absolute atomic E-state index is 0.214. The fraction of sp³-hybridized carbons (Fsp3) is 0.391. The van der Waals surface area contributed by atoms with Gasteiger partial charge in [0.05, 0.1) is 26.0 Å². The summed E-state index contributed by atoms with van der Waals surface area (Å²) in [4.78, 5) is 9.08. The molecule has 2 aromatic carbocycles. The van der Waals surface area contributed by atoms with E-state index in [1.807, 2.05) is 13.0 Å². The summed E-state index contributed by atoms with van der Waals surface area (Å²) in [7, 11) is 1.22. The maximum atomic E-state index is 14.0. The van der Waals surface area contributed by atoms with Crippen molar-refractivity contribution in [3.63, 3.8) is 0 Å². The lowest BCUT2D eigenvalue weighted by atomic mass is 10.0. The molecule has 3 heterocycles. The fourth-order valence-electron chi connectivity index (χ4n) is 4.30. The predicted octanol–water partition coefficient (Wildman–Crippen LogP) is 3.13. The molecule has 10 heteroatoms. The van der Waals surface area contributed by atoms with Gasteiger partial charge in [0.2, 0.25) is 5.95 Å². The Morgan fingerprint density at radius 2 is 1.76 bits per heavy atom. The number of hydrogen-bond acceptors (Lipinski definition) is 7. The molecule has 2 fully saturated rings. The van der Waals surface area contributed by atoms with Crippen LogP contribution in [0.25, 0.3) is 5.69 Å². The second-order valence-electron chi connectivity index (χ2n) is 8.34. The van der Waals surface area contributed by atoms with Crippen molar-refractivity contribution in [3.05, 3.63) is 53.9 Å². The number of methoxy groups -OCH3 is 1. The van der Waals surface area contributed by atoms with E-state index in [4.69, 9.17) is 9.47 Å². The lowest BCUT2D eigenvalue weighted by Crippen LogP contribution is -2.61. The van der Waals surface area contributed by atoms with Gasteiger partial charge in [-0.15, -0.1) is 5.10 Å². The first-order chi connectivity index (χ1) is 16.0. The van der Waals surface area contributed by atoms with Crippen LogP contribution in [0.3, 0.4) is 0 Å². The molecule has 0 aliphatic carbocycles. The third kappa shape index (κ3) is 4.49. The van der Waals surface area contributed by atoms with Gasteiger partial charge >= 0.3 is 0 Å². The SMILES string of the molecule is COc1c(F)cc(-n2cnc(Nc3cc(C)cc(N4CC(N5CCOCC5)C4)c3)n2)cc1F. The Morgan fingerprint density at radius 3 is 2.45 bits per heavy atom. The summed E-state index contributed by atoms with van der Waals surface area (Å²) in [5.74, 6) is -1.69. The molecule has 174 valence electrons. The second-order valence-corrected chi connectivity index (χ2v) is 8.34. The number of nitrogens with one attached hydrogen (secondary N) is 1. The van der Waals surface area contributed by atoms with Crippen molar-refractivity contribution in [2.24, 2.45) is 0 Å². The van der Waals surface area contributed by atoms with Gasteiger partial charge in [-0.2, -0.15) is 4.98 Å². The first-order valence-corrected chi connectivity index (χ1v) is 10.9. The van der Waals surface area contributed by atoms with Crippen molar-refractivity contribution in [1.82, 2.24) is 19.7 Å². The number of benzene rings is 2. The van der Waals surface area contributed by atoms with Crippen molar-refractivity contribution in [1.29, 1.82) is 0 Å². The van der Waals surface area contributed by atoms with Crippen LogP contribution in [0.15, 0.2) is 36.7 Å². The summed E-state index contributed by atoms with van der Waals surface area (Å²) >= 11 is 0. The Morgan fingerprint density at radius 1 is 1.03 bits per heavy atom. The van der Waals surface area contributed by atoms with Gasteiger partial charge in [0.15, 0.2) is 17.4 Å². The highest BCUT2D eigenvalue weighted by Gasteiger charge is 2.32. The molecule has 8 nitrogen and oxygen atoms in total. The minimum atomic E-state index is -0.800. The van der Waals surface area contributed by atoms with Crippen molar-refractivity contribution in [3.8, 4) is 11.4 Å². The summed E-state index contributed by atoms with van der Waals surface area (Å²) in [5.41, 5.74) is 3.32. The smallest absolute Gasteiger partial charge is 0.246 e. The van der Waals surface area contributed by atoms with Crippen molar-refractivity contribution in [2.75, 3.05) is 56.7 Å². The molecule has 0 saturated carbocycles. The van der Waals surface area contributed by atoms with Gasteiger partial charge in [0, 0.05) is 55.7 Å². The molecular weight excluding hydrogens is 430 g/mol. The van der Waals surface area contributed by atoms with Crippen LogP contribution in [0, 0.1) is 18.6 Å². The van der Waals surface area contributed by atoms with E-state index in [-0.39, 0.29) is 5.69 Å². The molecule has 0 bridgehead atoms. The van der Waals surface area contributed by atoms with Gasteiger partial charge in [0.1, 0.15) is 6.33 Å². The Kier molecular flexibility index (Phi) is 5.86. The van der Waals surface area contributed by atoms with E-state index in [1.54, 1.807) is 0 Å². The molecule has 0 atom stereocenters. The Hall–Kier alpha value is -3.24. The molecular formula is C23H26F2N6O2. The van der Waals surface area contributed by atoms with Gasteiger partial charge in [-0.1, -0.05) is 0 Å². The van der Waals surface area contributed by atoms with Crippen LogP contribution in [-0.2, 0) is 4.74 Å². The molecule has 0 spiro atoms. The maximum absolute atomic E-state index is 14.0. The Balaban J connectivity index is 1.28. The lowest BCUT2D eigenvalue weighted by Gasteiger charge is -2.47. The third-order valence-corrected chi connectivity index (χ3v) is 6.05. The van der Waals surface area contributed by atoms with Crippen LogP contribution in [0.1, 0.15) is 5.56 Å². The van der Waals surface area contributed by atoms with E-state index in [1.165, 1.54) is 18.1 Å². The first kappa shape index (κ1) is 21.6. The molecule has 0 unspecified atom stereocenters. The summed E-state index contributed by atoms with van der Waals surface area (Å²) in [6, 6.07) is 9.11. The molecule has 0 radical (unpaired) electrons. The van der Waals surface area contributed by atoms with Crippen LogP contribution in [0.2, 0.25) is 0 Å². The predicted molar refractivity (Wildman–Crippen MR) is 121 cm³/mol. The lowest BCUT2D eigenvalue weighted by molar-refractivity contribution is 0.0105. The van der Waals surface area contributed by atoms with Crippen LogP contribution in [0.4, 0.5) is 26.1 Å². The minimum Gasteiger partial charge on any atom is -0.491 e. The number of aromatic nitrogens is 3. The topological polar surface area (TPSA) is 67.7 Å². The number of halogens is 2. The van der Waals surface area contributed by atoms with Crippen molar-refractivity contribution >= 4 is 17.3 Å².